The van der Waals surface area contributed by atoms with Crippen LogP contribution in [0.2, 0.25) is 0 Å². The first-order valence-electron chi connectivity index (χ1n) is 9.32. The number of nitrogens with zero attached hydrogens (tertiary/aromatic N) is 1. The number of methoxy groups -OCH3 is 1. The van der Waals surface area contributed by atoms with Gasteiger partial charge >= 0.3 is 0 Å². The van der Waals surface area contributed by atoms with Crippen molar-refractivity contribution in [3.8, 4) is 5.75 Å². The molecular formula is C22H24N2O3. The van der Waals surface area contributed by atoms with Crippen molar-refractivity contribution < 1.29 is 14.3 Å². The second-order valence-electron chi connectivity index (χ2n) is 6.81. The van der Waals surface area contributed by atoms with Crippen LogP contribution < -0.4 is 4.74 Å². The maximum atomic E-state index is 13.0. The molecule has 1 atom stereocenters. The summed E-state index contributed by atoms with van der Waals surface area (Å²) in [5, 5.41) is 1.16. The molecule has 2 aromatic carbocycles. The second-order valence-corrected chi connectivity index (χ2v) is 6.81. The number of H-pyrrole nitrogens is 1. The van der Waals surface area contributed by atoms with E-state index in [0.717, 1.165) is 27.8 Å². The van der Waals surface area contributed by atoms with E-state index in [1.54, 1.807) is 7.11 Å². The van der Waals surface area contributed by atoms with Crippen molar-refractivity contribution in [1.82, 2.24) is 9.88 Å². The van der Waals surface area contributed by atoms with E-state index >= 15 is 0 Å². The number of nitrogens with one attached hydrogen (secondary N) is 1. The van der Waals surface area contributed by atoms with E-state index in [1.807, 2.05) is 35.4 Å². The summed E-state index contributed by atoms with van der Waals surface area (Å²) in [6.45, 7) is 2.57. The zero-order chi connectivity index (χ0) is 18.6. The molecule has 1 aromatic heterocycles. The van der Waals surface area contributed by atoms with Crippen LogP contribution in [-0.2, 0) is 9.53 Å². The van der Waals surface area contributed by atoms with Gasteiger partial charge in [0.25, 0.3) is 0 Å². The molecule has 3 aromatic rings. The number of aromatic amines is 1. The molecule has 0 saturated carbocycles. The van der Waals surface area contributed by atoms with Crippen molar-refractivity contribution in [1.29, 1.82) is 0 Å². The average molecular weight is 364 g/mol. The lowest BCUT2D eigenvalue weighted by atomic mass is 9.87. The standard InChI is InChI=1S/C22H24N2O3/c1-26-17-8-6-16(7-9-17)19(14-22(25)24-10-12-27-13-11-24)20-15-23-21-5-3-2-4-18(20)21/h2-9,15,19,23H,10-14H2,1H3. The van der Waals surface area contributed by atoms with Crippen LogP contribution in [0.25, 0.3) is 10.9 Å². The fourth-order valence-electron chi connectivity index (χ4n) is 3.74. The Balaban J connectivity index is 1.69. The van der Waals surface area contributed by atoms with Crippen LogP contribution in [0, 0.1) is 0 Å². The largest absolute Gasteiger partial charge is 0.497 e. The van der Waals surface area contributed by atoms with Crippen LogP contribution in [0.3, 0.4) is 0 Å². The molecule has 1 unspecified atom stereocenters. The minimum Gasteiger partial charge on any atom is -0.497 e. The molecule has 1 aliphatic heterocycles. The molecular weight excluding hydrogens is 340 g/mol. The third-order valence-electron chi connectivity index (χ3n) is 5.26. The molecule has 0 bridgehead atoms. The van der Waals surface area contributed by atoms with Gasteiger partial charge in [0.2, 0.25) is 5.91 Å². The zero-order valence-corrected chi connectivity index (χ0v) is 15.5. The van der Waals surface area contributed by atoms with E-state index < -0.39 is 0 Å². The van der Waals surface area contributed by atoms with Crippen molar-refractivity contribution >= 4 is 16.8 Å². The maximum absolute atomic E-state index is 13.0. The molecule has 2 heterocycles. The normalized spacial score (nSPS) is 15.7. The van der Waals surface area contributed by atoms with Gasteiger partial charge in [-0.1, -0.05) is 30.3 Å². The predicted molar refractivity (Wildman–Crippen MR) is 105 cm³/mol. The summed E-state index contributed by atoms with van der Waals surface area (Å²) in [6, 6.07) is 16.2. The molecule has 1 fully saturated rings. The monoisotopic (exact) mass is 364 g/mol. The van der Waals surface area contributed by atoms with Crippen LogP contribution in [0.4, 0.5) is 0 Å². The van der Waals surface area contributed by atoms with Crippen molar-refractivity contribution in [3.05, 3.63) is 65.9 Å². The third kappa shape index (κ3) is 3.69. The Morgan fingerprint density at radius 1 is 1.15 bits per heavy atom. The minimum absolute atomic E-state index is 0.0117. The van der Waals surface area contributed by atoms with Crippen molar-refractivity contribution in [3.63, 3.8) is 0 Å². The molecule has 1 amide bonds. The van der Waals surface area contributed by atoms with Crippen LogP contribution in [0.15, 0.2) is 54.7 Å². The number of carbonyl (C=O) groups is 1. The lowest BCUT2D eigenvalue weighted by Gasteiger charge is -2.28. The number of amides is 1. The lowest BCUT2D eigenvalue weighted by Crippen LogP contribution is -2.41. The van der Waals surface area contributed by atoms with Gasteiger partial charge in [0, 0.05) is 42.5 Å². The first-order valence-corrected chi connectivity index (χ1v) is 9.32. The van der Waals surface area contributed by atoms with E-state index in [9.17, 15) is 4.79 Å². The van der Waals surface area contributed by atoms with Crippen molar-refractivity contribution in [2.24, 2.45) is 0 Å². The van der Waals surface area contributed by atoms with E-state index in [0.29, 0.717) is 32.7 Å². The number of hydrogen-bond acceptors (Lipinski definition) is 3. The number of aromatic nitrogens is 1. The Bertz CT molecular complexity index is 911. The molecule has 4 rings (SSSR count). The van der Waals surface area contributed by atoms with E-state index in [2.05, 4.69) is 29.2 Å². The van der Waals surface area contributed by atoms with Gasteiger partial charge in [-0.05, 0) is 29.3 Å². The number of carbonyl (C=O) groups excluding carboxylic acids is 1. The highest BCUT2D eigenvalue weighted by molar-refractivity contribution is 5.86. The van der Waals surface area contributed by atoms with Gasteiger partial charge in [0.1, 0.15) is 5.75 Å². The summed E-state index contributed by atoms with van der Waals surface area (Å²) in [7, 11) is 1.66. The summed E-state index contributed by atoms with van der Waals surface area (Å²) in [5.41, 5.74) is 3.35. The smallest absolute Gasteiger partial charge is 0.223 e. The van der Waals surface area contributed by atoms with Gasteiger partial charge < -0.3 is 19.4 Å². The second kappa shape index (κ2) is 7.84. The van der Waals surface area contributed by atoms with Crippen LogP contribution in [-0.4, -0.2) is 49.2 Å². The quantitative estimate of drug-likeness (QED) is 0.753. The number of rotatable bonds is 5. The van der Waals surface area contributed by atoms with Crippen LogP contribution in [0.5, 0.6) is 5.75 Å². The Morgan fingerprint density at radius 2 is 1.89 bits per heavy atom. The summed E-state index contributed by atoms with van der Waals surface area (Å²) < 4.78 is 10.7. The highest BCUT2D eigenvalue weighted by Gasteiger charge is 2.25. The SMILES string of the molecule is COc1ccc(C(CC(=O)N2CCOCC2)c2c[nH]c3ccccc23)cc1. The number of fused-ring (bicyclic) bond motifs is 1. The Hall–Kier alpha value is -2.79. The average Bonchev–Trinajstić information content (AvgIpc) is 3.16. The molecule has 27 heavy (non-hydrogen) atoms. The van der Waals surface area contributed by atoms with Crippen molar-refractivity contribution in [2.45, 2.75) is 12.3 Å². The van der Waals surface area contributed by atoms with Gasteiger partial charge in [-0.2, -0.15) is 0 Å². The highest BCUT2D eigenvalue weighted by Crippen LogP contribution is 2.34. The summed E-state index contributed by atoms with van der Waals surface area (Å²) in [5.74, 6) is 0.975. The van der Waals surface area contributed by atoms with Crippen molar-refractivity contribution in [2.75, 3.05) is 33.4 Å². The topological polar surface area (TPSA) is 54.6 Å². The molecule has 1 aliphatic rings. The molecule has 140 valence electrons. The maximum Gasteiger partial charge on any atom is 0.223 e. The van der Waals surface area contributed by atoms with E-state index in [-0.39, 0.29) is 11.8 Å². The first-order chi connectivity index (χ1) is 13.3. The number of ether oxygens (including phenoxy) is 2. The van der Waals surface area contributed by atoms with Gasteiger partial charge in [-0.3, -0.25) is 4.79 Å². The first kappa shape index (κ1) is 17.6. The summed E-state index contributed by atoms with van der Waals surface area (Å²) >= 11 is 0. The van der Waals surface area contributed by atoms with Gasteiger partial charge in [0.05, 0.1) is 20.3 Å². The molecule has 0 aliphatic carbocycles. The van der Waals surface area contributed by atoms with Crippen LogP contribution >= 0.6 is 0 Å². The molecule has 1 N–H and O–H groups in total. The van der Waals surface area contributed by atoms with Gasteiger partial charge in [0.15, 0.2) is 0 Å². The zero-order valence-electron chi connectivity index (χ0n) is 15.5. The lowest BCUT2D eigenvalue weighted by molar-refractivity contribution is -0.135. The predicted octanol–water partition coefficient (Wildman–Crippen LogP) is 3.56. The minimum atomic E-state index is -0.0117. The summed E-state index contributed by atoms with van der Waals surface area (Å²) in [6.07, 6.45) is 2.47. The van der Waals surface area contributed by atoms with E-state index in [1.165, 1.54) is 0 Å². The van der Waals surface area contributed by atoms with Gasteiger partial charge in [-0.15, -0.1) is 0 Å². The number of benzene rings is 2. The van der Waals surface area contributed by atoms with Gasteiger partial charge in [-0.25, -0.2) is 0 Å². The summed E-state index contributed by atoms with van der Waals surface area (Å²) in [4.78, 5) is 18.2. The number of para-hydroxylation sites is 1. The Kier molecular flexibility index (Phi) is 5.12. The molecule has 0 radical (unpaired) electrons. The third-order valence-corrected chi connectivity index (χ3v) is 5.26. The number of morpholine rings is 1. The Morgan fingerprint density at radius 3 is 2.63 bits per heavy atom. The van der Waals surface area contributed by atoms with Crippen LogP contribution in [0.1, 0.15) is 23.5 Å². The van der Waals surface area contributed by atoms with E-state index in [4.69, 9.17) is 9.47 Å². The highest BCUT2D eigenvalue weighted by atomic mass is 16.5. The fraction of sp³-hybridized carbons (Fsp3) is 0.318. The molecule has 5 nitrogen and oxygen atoms in total. The fourth-order valence-corrected chi connectivity index (χ4v) is 3.74. The number of hydrogen-bond donors (Lipinski definition) is 1. The molecule has 0 spiro atoms. The molecule has 5 heteroatoms. The molecule has 1 saturated heterocycles. The Labute approximate surface area is 158 Å².